The lowest BCUT2D eigenvalue weighted by molar-refractivity contribution is 0.474. The van der Waals surface area contributed by atoms with Gasteiger partial charge in [0.2, 0.25) is 0 Å². The normalized spacial score (nSPS) is 11.4. The minimum Gasteiger partial charge on any atom is -0.508 e. The number of rotatable bonds is 34. The topological polar surface area (TPSA) is 40.5 Å². The molecule has 0 saturated carbocycles. The van der Waals surface area contributed by atoms with Crippen LogP contribution in [0.1, 0.15) is 191 Å². The molecule has 2 aromatic rings. The highest BCUT2D eigenvalue weighted by atomic mass is 32.2. The summed E-state index contributed by atoms with van der Waals surface area (Å²) in [5.41, 5.74) is 2.70. The fraction of sp³-hybridized carbons (Fsp3) is 0.727. The zero-order chi connectivity index (χ0) is 33.3. The van der Waals surface area contributed by atoms with E-state index in [0.29, 0.717) is 11.5 Å². The minimum absolute atomic E-state index is 0.371. The second-order valence-corrected chi connectivity index (χ2v) is 15.6. The molecule has 0 aromatic heterocycles. The third-order valence-corrected chi connectivity index (χ3v) is 11.0. The van der Waals surface area contributed by atoms with Gasteiger partial charge in [-0.1, -0.05) is 178 Å². The molecule has 0 aliphatic heterocycles. The number of hydrogen-bond acceptors (Lipinski definition) is 3. The van der Waals surface area contributed by atoms with E-state index in [0.717, 1.165) is 12.8 Å². The first-order chi connectivity index (χ1) is 23.2. The van der Waals surface area contributed by atoms with Crippen molar-refractivity contribution >= 4 is 11.8 Å². The molecule has 0 aliphatic carbocycles. The second kappa shape index (κ2) is 31.6. The average molecular weight is 667 g/mol. The van der Waals surface area contributed by atoms with E-state index >= 15 is 0 Å². The number of thioether (sulfide) groups is 1. The van der Waals surface area contributed by atoms with Gasteiger partial charge in [0, 0.05) is 0 Å². The lowest BCUT2D eigenvalue weighted by Crippen LogP contribution is -1.87. The summed E-state index contributed by atoms with van der Waals surface area (Å²) < 4.78 is 0. The van der Waals surface area contributed by atoms with E-state index in [1.165, 1.54) is 202 Å². The first-order valence-corrected chi connectivity index (χ1v) is 21.5. The monoisotopic (exact) mass is 667 g/mol. The second-order valence-electron chi connectivity index (χ2n) is 14.3. The average Bonchev–Trinajstić information content (AvgIpc) is 3.08. The molecule has 2 nitrogen and oxygen atoms in total. The molecular formula is C44H74O2S. The van der Waals surface area contributed by atoms with Crippen molar-refractivity contribution in [2.24, 2.45) is 0 Å². The highest BCUT2D eigenvalue weighted by Gasteiger charge is 1.99. The molecule has 0 spiro atoms. The molecule has 0 fully saturated rings. The molecule has 0 unspecified atom stereocenters. The van der Waals surface area contributed by atoms with E-state index in [9.17, 15) is 10.2 Å². The number of benzene rings is 2. The van der Waals surface area contributed by atoms with Gasteiger partial charge in [0.05, 0.1) is 0 Å². The molecule has 2 N–H and O–H groups in total. The molecule has 0 atom stereocenters. The van der Waals surface area contributed by atoms with Crippen LogP contribution in [0.4, 0.5) is 0 Å². The van der Waals surface area contributed by atoms with Crippen molar-refractivity contribution in [1.29, 1.82) is 0 Å². The summed E-state index contributed by atoms with van der Waals surface area (Å²) in [6.45, 7) is 0. The molecule has 0 amide bonds. The van der Waals surface area contributed by atoms with Gasteiger partial charge in [0.1, 0.15) is 11.5 Å². The van der Waals surface area contributed by atoms with Crippen LogP contribution in [-0.2, 0) is 12.8 Å². The summed E-state index contributed by atoms with van der Waals surface area (Å²) in [5, 5.41) is 18.7. The molecule has 0 saturated heterocycles. The molecule has 0 radical (unpaired) electrons. The Bertz CT molecular complexity index is 834. The number of aromatic hydroxyl groups is 2. The molecule has 0 bridgehead atoms. The number of aryl methyl sites for hydroxylation is 2. The van der Waals surface area contributed by atoms with Gasteiger partial charge in [-0.3, -0.25) is 0 Å². The molecular weight excluding hydrogens is 593 g/mol. The zero-order valence-electron chi connectivity index (χ0n) is 30.5. The summed E-state index contributed by atoms with van der Waals surface area (Å²) >= 11 is 2.21. The van der Waals surface area contributed by atoms with Crippen LogP contribution >= 0.6 is 11.8 Å². The first-order valence-electron chi connectivity index (χ1n) is 20.4. The van der Waals surface area contributed by atoms with E-state index in [1.54, 1.807) is 24.3 Å². The number of hydrogen-bond donors (Lipinski definition) is 2. The third-order valence-electron chi connectivity index (χ3n) is 9.88. The van der Waals surface area contributed by atoms with E-state index in [-0.39, 0.29) is 0 Å². The van der Waals surface area contributed by atoms with Crippen LogP contribution < -0.4 is 0 Å². The summed E-state index contributed by atoms with van der Waals surface area (Å²) in [6.07, 6.45) is 42.0. The van der Waals surface area contributed by atoms with Gasteiger partial charge in [-0.2, -0.15) is 11.8 Å². The molecule has 3 heteroatoms. The summed E-state index contributed by atoms with van der Waals surface area (Å²) in [5.74, 6) is 3.51. The summed E-state index contributed by atoms with van der Waals surface area (Å²) in [6, 6.07) is 15.4. The highest BCUT2D eigenvalue weighted by molar-refractivity contribution is 7.99. The van der Waals surface area contributed by atoms with Crippen LogP contribution in [0.3, 0.4) is 0 Å². The Morgan fingerprint density at radius 3 is 0.745 bits per heavy atom. The van der Waals surface area contributed by atoms with Crippen LogP contribution in [-0.4, -0.2) is 21.7 Å². The van der Waals surface area contributed by atoms with E-state index in [1.807, 2.05) is 0 Å². The smallest absolute Gasteiger partial charge is 0.115 e. The molecule has 2 rings (SSSR count). The number of phenols is 2. The lowest BCUT2D eigenvalue weighted by Gasteiger charge is -2.05. The SMILES string of the molecule is Oc1ccc(CCCCCCCCCCCCCCCCSCCCCCCCCCCCCCCCCc2ccc(O)cc2)cc1. The predicted octanol–water partition coefficient (Wildman–Crippen LogP) is 14.5. The van der Waals surface area contributed by atoms with Crippen LogP contribution in [0.5, 0.6) is 11.5 Å². The van der Waals surface area contributed by atoms with Crippen molar-refractivity contribution in [3.8, 4) is 11.5 Å². The summed E-state index contributed by atoms with van der Waals surface area (Å²) in [7, 11) is 0. The fourth-order valence-corrected chi connectivity index (χ4v) is 7.76. The van der Waals surface area contributed by atoms with Crippen molar-refractivity contribution in [3.05, 3.63) is 59.7 Å². The van der Waals surface area contributed by atoms with Gasteiger partial charge >= 0.3 is 0 Å². The van der Waals surface area contributed by atoms with E-state index < -0.39 is 0 Å². The maximum Gasteiger partial charge on any atom is 0.115 e. The number of phenolic OH excluding ortho intramolecular Hbond substituents is 2. The maximum atomic E-state index is 9.36. The Hall–Kier alpha value is -1.61. The van der Waals surface area contributed by atoms with E-state index in [4.69, 9.17) is 0 Å². The molecule has 268 valence electrons. The van der Waals surface area contributed by atoms with Crippen molar-refractivity contribution in [1.82, 2.24) is 0 Å². The Balaban J connectivity index is 1.15. The minimum atomic E-state index is 0.371. The van der Waals surface area contributed by atoms with Crippen molar-refractivity contribution in [3.63, 3.8) is 0 Å². The van der Waals surface area contributed by atoms with Crippen LogP contribution in [0, 0.1) is 0 Å². The molecule has 0 heterocycles. The third kappa shape index (κ3) is 27.0. The van der Waals surface area contributed by atoms with Crippen LogP contribution in [0.25, 0.3) is 0 Å². The number of unbranched alkanes of at least 4 members (excludes halogenated alkanes) is 26. The van der Waals surface area contributed by atoms with Gasteiger partial charge in [-0.05, 0) is 85.4 Å². The quantitative estimate of drug-likeness (QED) is 0.0730. The predicted molar refractivity (Wildman–Crippen MR) is 210 cm³/mol. The Labute approximate surface area is 296 Å². The van der Waals surface area contributed by atoms with Gasteiger partial charge < -0.3 is 10.2 Å². The Morgan fingerprint density at radius 2 is 0.489 bits per heavy atom. The van der Waals surface area contributed by atoms with Crippen molar-refractivity contribution in [2.75, 3.05) is 11.5 Å². The molecule has 47 heavy (non-hydrogen) atoms. The van der Waals surface area contributed by atoms with Gasteiger partial charge in [0.25, 0.3) is 0 Å². The summed E-state index contributed by atoms with van der Waals surface area (Å²) in [4.78, 5) is 0. The molecule has 2 aromatic carbocycles. The Kier molecular flexibility index (Phi) is 28.0. The fourth-order valence-electron chi connectivity index (χ4n) is 6.74. The largest absolute Gasteiger partial charge is 0.508 e. The maximum absolute atomic E-state index is 9.36. The first kappa shape index (κ1) is 41.6. The molecule has 0 aliphatic rings. The lowest BCUT2D eigenvalue weighted by atomic mass is 10.0. The highest BCUT2D eigenvalue weighted by Crippen LogP contribution is 2.18. The van der Waals surface area contributed by atoms with Crippen LogP contribution in [0.2, 0.25) is 0 Å². The van der Waals surface area contributed by atoms with Crippen molar-refractivity contribution in [2.45, 2.75) is 193 Å². The van der Waals surface area contributed by atoms with Crippen molar-refractivity contribution < 1.29 is 10.2 Å². The Morgan fingerprint density at radius 1 is 0.277 bits per heavy atom. The van der Waals surface area contributed by atoms with Crippen LogP contribution in [0.15, 0.2) is 48.5 Å². The van der Waals surface area contributed by atoms with Gasteiger partial charge in [-0.25, -0.2) is 0 Å². The van der Waals surface area contributed by atoms with Gasteiger partial charge in [0.15, 0.2) is 0 Å². The standard InChI is InChI=1S/C44H74O2S/c45-43-35-31-41(32-36-43)29-25-21-17-13-9-5-1-3-7-11-15-19-23-27-39-47-40-28-24-20-16-12-8-4-2-6-10-14-18-22-26-30-42-33-37-44(46)38-34-42/h31-38,45-46H,1-30,39-40H2. The van der Waals surface area contributed by atoms with E-state index in [2.05, 4.69) is 36.0 Å². The van der Waals surface area contributed by atoms with Gasteiger partial charge in [-0.15, -0.1) is 0 Å². The zero-order valence-corrected chi connectivity index (χ0v) is 31.4.